The van der Waals surface area contributed by atoms with E-state index in [9.17, 15) is 0 Å². The molecule has 1 aromatic rings. The van der Waals surface area contributed by atoms with Gasteiger partial charge in [0.15, 0.2) is 0 Å². The van der Waals surface area contributed by atoms with Crippen LogP contribution >= 0.6 is 15.9 Å². The van der Waals surface area contributed by atoms with E-state index >= 15 is 0 Å². The van der Waals surface area contributed by atoms with Crippen LogP contribution in [0.5, 0.6) is 0 Å². The molecule has 0 saturated carbocycles. The van der Waals surface area contributed by atoms with Gasteiger partial charge in [-0.25, -0.2) is 0 Å². The number of hydrogen-bond donors (Lipinski definition) is 2. The number of hydrogen-bond acceptors (Lipinski definition) is 2. The van der Waals surface area contributed by atoms with Crippen molar-refractivity contribution < 1.29 is 5.11 Å². The van der Waals surface area contributed by atoms with Gasteiger partial charge in [0.25, 0.3) is 0 Å². The Hall–Kier alpha value is -0.540. The first kappa shape index (κ1) is 12.5. The van der Waals surface area contributed by atoms with Crippen LogP contribution in [0.3, 0.4) is 0 Å². The van der Waals surface area contributed by atoms with Crippen molar-refractivity contribution in [2.45, 2.75) is 20.8 Å². The summed E-state index contributed by atoms with van der Waals surface area (Å²) >= 11 is 3.54. The van der Waals surface area contributed by atoms with E-state index in [1.807, 2.05) is 26.0 Å². The summed E-state index contributed by atoms with van der Waals surface area (Å²) in [6.45, 7) is 7.06. The minimum absolute atomic E-state index is 0.0941. The van der Waals surface area contributed by atoms with Crippen LogP contribution in [0.4, 0.5) is 5.69 Å². The minimum atomic E-state index is -0.0941. The highest BCUT2D eigenvalue weighted by molar-refractivity contribution is 9.10. The van der Waals surface area contributed by atoms with Gasteiger partial charge in [-0.1, -0.05) is 26.0 Å². The van der Waals surface area contributed by atoms with Gasteiger partial charge in [0, 0.05) is 28.7 Å². The molecule has 0 saturated heterocycles. The second-order valence-electron chi connectivity index (χ2n) is 4.61. The largest absolute Gasteiger partial charge is 0.396 e. The Morgan fingerprint density at radius 1 is 1.40 bits per heavy atom. The van der Waals surface area contributed by atoms with Gasteiger partial charge in [-0.2, -0.15) is 0 Å². The fourth-order valence-electron chi connectivity index (χ4n) is 1.17. The van der Waals surface area contributed by atoms with E-state index in [1.165, 1.54) is 5.56 Å². The van der Waals surface area contributed by atoms with Crippen molar-refractivity contribution in [3.05, 3.63) is 28.2 Å². The highest BCUT2D eigenvalue weighted by Crippen LogP contribution is 2.26. The third-order valence-electron chi connectivity index (χ3n) is 2.38. The van der Waals surface area contributed by atoms with Gasteiger partial charge >= 0.3 is 0 Å². The van der Waals surface area contributed by atoms with Crippen LogP contribution in [-0.2, 0) is 0 Å². The van der Waals surface area contributed by atoms with Crippen LogP contribution in [0.1, 0.15) is 19.4 Å². The normalized spacial score (nSPS) is 11.5. The number of nitrogens with one attached hydrogen (secondary N) is 1. The molecule has 2 N–H and O–H groups in total. The van der Waals surface area contributed by atoms with Gasteiger partial charge in [-0.3, -0.25) is 0 Å². The Kier molecular flexibility index (Phi) is 4.17. The van der Waals surface area contributed by atoms with Crippen molar-refractivity contribution in [2.24, 2.45) is 5.41 Å². The second kappa shape index (κ2) is 4.99. The molecule has 2 nitrogen and oxygen atoms in total. The number of benzene rings is 1. The predicted molar refractivity (Wildman–Crippen MR) is 68.2 cm³/mol. The van der Waals surface area contributed by atoms with Crippen molar-refractivity contribution in [2.75, 3.05) is 18.5 Å². The number of anilines is 1. The zero-order valence-electron chi connectivity index (χ0n) is 9.47. The van der Waals surface area contributed by atoms with E-state index in [-0.39, 0.29) is 12.0 Å². The molecule has 0 aliphatic heterocycles. The highest BCUT2D eigenvalue weighted by Gasteiger charge is 2.16. The molecule has 0 aliphatic carbocycles. The van der Waals surface area contributed by atoms with E-state index in [1.54, 1.807) is 0 Å². The summed E-state index contributed by atoms with van der Waals surface area (Å²) in [5.74, 6) is 0. The zero-order chi connectivity index (χ0) is 11.5. The van der Waals surface area contributed by atoms with E-state index in [0.717, 1.165) is 16.7 Å². The van der Waals surface area contributed by atoms with Crippen LogP contribution in [-0.4, -0.2) is 18.3 Å². The summed E-state index contributed by atoms with van der Waals surface area (Å²) in [5.41, 5.74) is 2.20. The summed E-state index contributed by atoms with van der Waals surface area (Å²) < 4.78 is 1.10. The molecule has 1 rings (SSSR count). The molecule has 0 spiro atoms. The summed E-state index contributed by atoms with van der Waals surface area (Å²) in [6.07, 6.45) is 0. The molecule has 84 valence electrons. The van der Waals surface area contributed by atoms with Gasteiger partial charge < -0.3 is 10.4 Å². The standard InChI is InChI=1S/C12H18BrNO/c1-9-5-4-6-10(11(9)13)14-7-12(2,3)8-15/h4-6,14-15H,7-8H2,1-3H3. The van der Waals surface area contributed by atoms with E-state index in [4.69, 9.17) is 5.11 Å². The Morgan fingerprint density at radius 3 is 2.67 bits per heavy atom. The van der Waals surface area contributed by atoms with Crippen molar-refractivity contribution in [3.63, 3.8) is 0 Å². The van der Waals surface area contributed by atoms with Gasteiger partial charge in [0.2, 0.25) is 0 Å². The Balaban J connectivity index is 2.70. The van der Waals surface area contributed by atoms with Gasteiger partial charge in [-0.05, 0) is 34.5 Å². The minimum Gasteiger partial charge on any atom is -0.396 e. The number of aryl methyl sites for hydroxylation is 1. The Labute approximate surface area is 99.8 Å². The molecule has 0 unspecified atom stereocenters. The lowest BCUT2D eigenvalue weighted by molar-refractivity contribution is 0.171. The average molecular weight is 272 g/mol. The molecular weight excluding hydrogens is 254 g/mol. The predicted octanol–water partition coefficient (Wildman–Crippen LogP) is 3.19. The van der Waals surface area contributed by atoms with Crippen molar-refractivity contribution in [1.82, 2.24) is 0 Å². The smallest absolute Gasteiger partial charge is 0.0498 e. The van der Waals surface area contributed by atoms with Gasteiger partial charge in [-0.15, -0.1) is 0 Å². The summed E-state index contributed by atoms with van der Waals surface area (Å²) in [5, 5.41) is 12.5. The van der Waals surface area contributed by atoms with E-state index in [0.29, 0.717) is 0 Å². The first-order valence-electron chi connectivity index (χ1n) is 5.06. The fourth-order valence-corrected chi connectivity index (χ4v) is 1.58. The Morgan fingerprint density at radius 2 is 2.07 bits per heavy atom. The number of aliphatic hydroxyl groups is 1. The summed E-state index contributed by atoms with van der Waals surface area (Å²) in [4.78, 5) is 0. The van der Waals surface area contributed by atoms with Crippen molar-refractivity contribution in [3.8, 4) is 0 Å². The second-order valence-corrected chi connectivity index (χ2v) is 5.41. The molecule has 0 atom stereocenters. The van der Waals surface area contributed by atoms with Crippen LogP contribution < -0.4 is 5.32 Å². The first-order chi connectivity index (χ1) is 6.96. The van der Waals surface area contributed by atoms with Crippen LogP contribution in [0.25, 0.3) is 0 Å². The summed E-state index contributed by atoms with van der Waals surface area (Å²) in [6, 6.07) is 6.12. The molecular formula is C12H18BrNO. The molecule has 0 heterocycles. The van der Waals surface area contributed by atoms with Gasteiger partial charge in [0.05, 0.1) is 0 Å². The lowest BCUT2D eigenvalue weighted by atomic mass is 9.95. The zero-order valence-corrected chi connectivity index (χ0v) is 11.1. The van der Waals surface area contributed by atoms with E-state index in [2.05, 4.69) is 34.2 Å². The molecule has 0 radical (unpaired) electrons. The molecule has 1 aromatic carbocycles. The number of aliphatic hydroxyl groups excluding tert-OH is 1. The van der Waals surface area contributed by atoms with Crippen LogP contribution in [0.15, 0.2) is 22.7 Å². The molecule has 15 heavy (non-hydrogen) atoms. The maximum Gasteiger partial charge on any atom is 0.0498 e. The topological polar surface area (TPSA) is 32.3 Å². The lowest BCUT2D eigenvalue weighted by Gasteiger charge is -2.23. The molecule has 3 heteroatoms. The highest BCUT2D eigenvalue weighted by atomic mass is 79.9. The third-order valence-corrected chi connectivity index (χ3v) is 3.43. The van der Waals surface area contributed by atoms with Crippen molar-refractivity contribution >= 4 is 21.6 Å². The molecule has 0 bridgehead atoms. The number of rotatable bonds is 4. The third kappa shape index (κ3) is 3.50. The maximum atomic E-state index is 9.14. The maximum absolute atomic E-state index is 9.14. The molecule has 0 aromatic heterocycles. The van der Waals surface area contributed by atoms with Crippen LogP contribution in [0.2, 0.25) is 0 Å². The quantitative estimate of drug-likeness (QED) is 0.882. The van der Waals surface area contributed by atoms with Gasteiger partial charge in [0.1, 0.15) is 0 Å². The SMILES string of the molecule is Cc1cccc(NCC(C)(C)CO)c1Br. The van der Waals surface area contributed by atoms with Crippen LogP contribution in [0, 0.1) is 12.3 Å². The van der Waals surface area contributed by atoms with Crippen molar-refractivity contribution in [1.29, 1.82) is 0 Å². The summed E-state index contributed by atoms with van der Waals surface area (Å²) in [7, 11) is 0. The number of halogens is 1. The Bertz CT molecular complexity index is 336. The lowest BCUT2D eigenvalue weighted by Crippen LogP contribution is -2.26. The molecule has 0 aliphatic rings. The first-order valence-corrected chi connectivity index (χ1v) is 5.85. The monoisotopic (exact) mass is 271 g/mol. The van der Waals surface area contributed by atoms with E-state index < -0.39 is 0 Å². The molecule has 0 amide bonds. The average Bonchev–Trinajstić information content (AvgIpc) is 2.20. The fraction of sp³-hybridized carbons (Fsp3) is 0.500. The molecule has 0 fully saturated rings.